The normalized spacial score (nSPS) is 15.6. The lowest BCUT2D eigenvalue weighted by atomic mass is 9.92. The second-order valence-electron chi connectivity index (χ2n) is 6.85. The van der Waals surface area contributed by atoms with Crippen LogP contribution in [0.2, 0.25) is 0 Å². The largest absolute Gasteiger partial charge is 0.465 e. The molecular formula is C21H20N6O3. The third-order valence-electron chi connectivity index (χ3n) is 4.89. The van der Waals surface area contributed by atoms with E-state index in [1.165, 1.54) is 7.11 Å². The van der Waals surface area contributed by atoms with Gasteiger partial charge in [0.2, 0.25) is 11.7 Å². The van der Waals surface area contributed by atoms with Crippen LogP contribution >= 0.6 is 0 Å². The van der Waals surface area contributed by atoms with Crippen molar-refractivity contribution < 1.29 is 14.3 Å². The van der Waals surface area contributed by atoms with Gasteiger partial charge in [0.15, 0.2) is 0 Å². The third kappa shape index (κ3) is 3.69. The van der Waals surface area contributed by atoms with Gasteiger partial charge in [-0.1, -0.05) is 19.4 Å². The number of hydrogen-bond donors (Lipinski definition) is 2. The van der Waals surface area contributed by atoms with E-state index in [-0.39, 0.29) is 5.91 Å². The quantitative estimate of drug-likeness (QED) is 0.480. The summed E-state index contributed by atoms with van der Waals surface area (Å²) in [5.74, 6) is -0.587. The van der Waals surface area contributed by atoms with E-state index in [1.807, 2.05) is 31.2 Å². The molecule has 0 fully saturated rings. The zero-order valence-corrected chi connectivity index (χ0v) is 16.5. The van der Waals surface area contributed by atoms with Gasteiger partial charge < -0.3 is 10.1 Å². The molecule has 1 aromatic heterocycles. The molecular weight excluding hydrogens is 384 g/mol. The van der Waals surface area contributed by atoms with E-state index < -0.39 is 11.9 Å². The lowest BCUT2D eigenvalue weighted by Gasteiger charge is -2.13. The van der Waals surface area contributed by atoms with E-state index in [1.54, 1.807) is 18.2 Å². The number of aromatic nitrogens is 4. The number of ether oxygens (including phenoxy) is 1. The number of fused-ring (bicyclic) bond motifs is 1. The van der Waals surface area contributed by atoms with Crippen molar-refractivity contribution in [2.24, 2.45) is 4.99 Å². The molecule has 1 amide bonds. The average molecular weight is 404 g/mol. The maximum absolute atomic E-state index is 12.8. The molecule has 0 radical (unpaired) electrons. The minimum Gasteiger partial charge on any atom is -0.465 e. The molecule has 0 saturated carbocycles. The number of H-pyrrole nitrogens is 1. The highest BCUT2D eigenvalue weighted by Crippen LogP contribution is 2.36. The molecule has 0 bridgehead atoms. The predicted molar refractivity (Wildman–Crippen MR) is 111 cm³/mol. The lowest BCUT2D eigenvalue weighted by molar-refractivity contribution is -0.115. The molecule has 0 saturated heterocycles. The topological polar surface area (TPSA) is 122 Å². The van der Waals surface area contributed by atoms with Gasteiger partial charge in [0.1, 0.15) is 5.92 Å². The Hall–Kier alpha value is -3.88. The molecule has 3 aromatic rings. The van der Waals surface area contributed by atoms with Crippen LogP contribution in [0.5, 0.6) is 0 Å². The van der Waals surface area contributed by atoms with Gasteiger partial charge in [0.05, 0.1) is 18.4 Å². The Balaban J connectivity index is 1.66. The molecule has 0 spiro atoms. The van der Waals surface area contributed by atoms with E-state index in [0.29, 0.717) is 23.5 Å². The number of nitrogens with zero attached hydrogens (tertiary/aromatic N) is 4. The number of rotatable bonds is 6. The number of nitrogens with one attached hydrogen (secondary N) is 2. The Morgan fingerprint density at radius 2 is 2.00 bits per heavy atom. The second kappa shape index (κ2) is 8.24. The SMILES string of the molecule is CCCC(=Nc1ccc(-c2nn[nH]n2)cc1)C1C(=O)Nc2cc(C(=O)OC)ccc21. The minimum atomic E-state index is -0.497. The van der Waals surface area contributed by atoms with Gasteiger partial charge in [0.25, 0.3) is 0 Å². The average Bonchev–Trinajstić information content (AvgIpc) is 3.40. The Morgan fingerprint density at radius 3 is 2.67 bits per heavy atom. The molecule has 2 aromatic carbocycles. The highest BCUT2D eigenvalue weighted by Gasteiger charge is 2.34. The standard InChI is InChI=1S/C21H20N6O3/c1-3-4-16(22-14-8-5-12(6-9-14)19-24-26-27-25-19)18-15-10-7-13(21(29)30-2)11-17(15)23-20(18)28/h5-11,18H,3-4H2,1-2H3,(H,23,28)(H,24,25,26,27). The van der Waals surface area contributed by atoms with Crippen LogP contribution in [-0.2, 0) is 9.53 Å². The molecule has 1 aliphatic heterocycles. The number of benzene rings is 2. The van der Waals surface area contributed by atoms with Crippen LogP contribution in [0.4, 0.5) is 11.4 Å². The minimum absolute atomic E-state index is 0.150. The van der Waals surface area contributed by atoms with E-state index in [2.05, 4.69) is 25.9 Å². The number of hydrogen-bond acceptors (Lipinski definition) is 7. The van der Waals surface area contributed by atoms with Crippen molar-refractivity contribution in [1.29, 1.82) is 0 Å². The molecule has 0 aliphatic carbocycles. The Morgan fingerprint density at radius 1 is 1.20 bits per heavy atom. The fraction of sp³-hybridized carbons (Fsp3) is 0.238. The van der Waals surface area contributed by atoms with Crippen LogP contribution in [-0.4, -0.2) is 45.3 Å². The fourth-order valence-electron chi connectivity index (χ4n) is 3.49. The summed E-state index contributed by atoms with van der Waals surface area (Å²) < 4.78 is 4.76. The van der Waals surface area contributed by atoms with Crippen LogP contribution in [0.3, 0.4) is 0 Å². The van der Waals surface area contributed by atoms with E-state index in [0.717, 1.165) is 28.9 Å². The maximum atomic E-state index is 12.8. The molecule has 1 atom stereocenters. The second-order valence-corrected chi connectivity index (χ2v) is 6.85. The molecule has 1 unspecified atom stereocenters. The number of amides is 1. The number of aromatic amines is 1. The highest BCUT2D eigenvalue weighted by molar-refractivity contribution is 6.19. The van der Waals surface area contributed by atoms with E-state index in [9.17, 15) is 9.59 Å². The summed E-state index contributed by atoms with van der Waals surface area (Å²) in [4.78, 5) is 29.3. The van der Waals surface area contributed by atoms with Crippen molar-refractivity contribution >= 4 is 29.0 Å². The first-order valence-electron chi connectivity index (χ1n) is 9.55. The molecule has 1 aliphatic rings. The molecule has 9 nitrogen and oxygen atoms in total. The van der Waals surface area contributed by atoms with Gasteiger partial charge in [-0.3, -0.25) is 9.79 Å². The van der Waals surface area contributed by atoms with Crippen LogP contribution < -0.4 is 5.32 Å². The van der Waals surface area contributed by atoms with Gasteiger partial charge in [0, 0.05) is 17.0 Å². The smallest absolute Gasteiger partial charge is 0.337 e. The van der Waals surface area contributed by atoms with E-state index >= 15 is 0 Å². The molecule has 30 heavy (non-hydrogen) atoms. The number of methoxy groups -OCH3 is 1. The Labute approximate surface area is 172 Å². The fourth-order valence-corrected chi connectivity index (χ4v) is 3.49. The molecule has 2 N–H and O–H groups in total. The summed E-state index contributed by atoms with van der Waals surface area (Å²) >= 11 is 0. The summed E-state index contributed by atoms with van der Waals surface area (Å²) in [6.45, 7) is 2.04. The third-order valence-corrected chi connectivity index (χ3v) is 4.89. The first kappa shape index (κ1) is 19.4. The zero-order valence-electron chi connectivity index (χ0n) is 16.5. The molecule has 4 rings (SSSR count). The van der Waals surface area contributed by atoms with Gasteiger partial charge in [-0.05, 0) is 53.6 Å². The Bertz CT molecular complexity index is 1110. The lowest BCUT2D eigenvalue weighted by Crippen LogP contribution is -2.20. The molecule has 152 valence electrons. The van der Waals surface area contributed by atoms with Crippen LogP contribution in [0.25, 0.3) is 11.4 Å². The Kier molecular flexibility index (Phi) is 5.34. The van der Waals surface area contributed by atoms with Crippen molar-refractivity contribution in [3.63, 3.8) is 0 Å². The number of anilines is 1. The van der Waals surface area contributed by atoms with Gasteiger partial charge in [-0.25, -0.2) is 4.79 Å². The first-order chi connectivity index (χ1) is 14.6. The monoisotopic (exact) mass is 404 g/mol. The van der Waals surface area contributed by atoms with Crippen LogP contribution in [0, 0.1) is 0 Å². The number of tetrazole rings is 1. The van der Waals surface area contributed by atoms with Crippen molar-refractivity contribution in [3.8, 4) is 11.4 Å². The van der Waals surface area contributed by atoms with Crippen molar-refractivity contribution in [2.45, 2.75) is 25.7 Å². The maximum Gasteiger partial charge on any atom is 0.337 e. The molecule has 9 heteroatoms. The van der Waals surface area contributed by atoms with Gasteiger partial charge >= 0.3 is 5.97 Å². The summed E-state index contributed by atoms with van der Waals surface area (Å²) in [5.41, 5.74) is 4.14. The first-order valence-corrected chi connectivity index (χ1v) is 9.55. The van der Waals surface area contributed by atoms with Crippen molar-refractivity contribution in [2.75, 3.05) is 12.4 Å². The van der Waals surface area contributed by atoms with Crippen LogP contribution in [0.1, 0.15) is 41.6 Å². The van der Waals surface area contributed by atoms with Crippen LogP contribution in [0.15, 0.2) is 47.5 Å². The summed E-state index contributed by atoms with van der Waals surface area (Å²) in [6, 6.07) is 12.5. The highest BCUT2D eigenvalue weighted by atomic mass is 16.5. The summed E-state index contributed by atoms with van der Waals surface area (Å²) in [7, 11) is 1.33. The summed E-state index contributed by atoms with van der Waals surface area (Å²) in [5, 5.41) is 16.8. The number of carbonyl (C=O) groups is 2. The number of esters is 1. The predicted octanol–water partition coefficient (Wildman–Crippen LogP) is 3.26. The van der Waals surface area contributed by atoms with Crippen molar-refractivity contribution in [3.05, 3.63) is 53.6 Å². The summed E-state index contributed by atoms with van der Waals surface area (Å²) in [6.07, 6.45) is 1.52. The van der Waals surface area contributed by atoms with Gasteiger partial charge in [-0.2, -0.15) is 5.21 Å². The molecule has 2 heterocycles. The number of aliphatic imine (C=N–C) groups is 1. The number of carbonyl (C=O) groups excluding carboxylic acids is 2. The van der Waals surface area contributed by atoms with Crippen molar-refractivity contribution in [1.82, 2.24) is 20.6 Å². The van der Waals surface area contributed by atoms with E-state index in [4.69, 9.17) is 9.73 Å². The van der Waals surface area contributed by atoms with Gasteiger partial charge in [-0.15, -0.1) is 10.2 Å². The zero-order chi connectivity index (χ0) is 21.1.